The van der Waals surface area contributed by atoms with E-state index in [4.69, 9.17) is 14.2 Å². The highest BCUT2D eigenvalue weighted by Gasteiger charge is 2.14. The molecule has 0 bridgehead atoms. The van der Waals surface area contributed by atoms with Crippen LogP contribution in [0.15, 0.2) is 72.8 Å². The van der Waals surface area contributed by atoms with Crippen molar-refractivity contribution in [2.24, 2.45) is 0 Å². The number of rotatable bonds is 7. The van der Waals surface area contributed by atoms with Gasteiger partial charge in [-0.05, 0) is 35.9 Å². The van der Waals surface area contributed by atoms with Crippen molar-refractivity contribution >= 4 is 16.9 Å². The van der Waals surface area contributed by atoms with Gasteiger partial charge in [-0.1, -0.05) is 42.5 Å². The quantitative estimate of drug-likeness (QED) is 0.457. The van der Waals surface area contributed by atoms with Gasteiger partial charge in [0.15, 0.2) is 11.5 Å². The van der Waals surface area contributed by atoms with Gasteiger partial charge in [0, 0.05) is 16.5 Å². The maximum Gasteiger partial charge on any atom is 0.161 e. The molecule has 3 aromatic carbocycles. The fourth-order valence-electron chi connectivity index (χ4n) is 3.39. The van der Waals surface area contributed by atoms with Crippen molar-refractivity contribution in [3.8, 4) is 28.5 Å². The van der Waals surface area contributed by atoms with E-state index in [0.717, 1.165) is 5.56 Å². The molecule has 0 fully saturated rings. The number of carboxylic acid groups (broad SMARTS) is 1. The first-order valence-corrected chi connectivity index (χ1v) is 9.65. The molecule has 0 saturated carbocycles. The number of carboxylic acids is 1. The molecule has 0 radical (unpaired) electrons. The second-order valence-electron chi connectivity index (χ2n) is 6.84. The fourth-order valence-corrected chi connectivity index (χ4v) is 3.39. The second-order valence-corrected chi connectivity index (χ2v) is 6.84. The fraction of sp³-hybridized carbons (Fsp3) is 0.120. The molecule has 0 saturated heterocycles. The summed E-state index contributed by atoms with van der Waals surface area (Å²) in [7, 11) is 3.07. The molecule has 0 atom stereocenters. The van der Waals surface area contributed by atoms with Gasteiger partial charge in [-0.25, -0.2) is 4.98 Å². The Morgan fingerprint density at radius 3 is 2.35 bits per heavy atom. The van der Waals surface area contributed by atoms with Gasteiger partial charge in [-0.2, -0.15) is 0 Å². The van der Waals surface area contributed by atoms with Gasteiger partial charge in [-0.3, -0.25) is 0 Å². The summed E-state index contributed by atoms with van der Waals surface area (Å²) in [6.45, 7) is 0.400. The molecule has 4 aromatic rings. The van der Waals surface area contributed by atoms with Crippen LogP contribution in [-0.4, -0.2) is 25.2 Å². The Labute approximate surface area is 179 Å². The number of aromatic nitrogens is 1. The topological polar surface area (TPSA) is 80.7 Å². The molecule has 0 N–H and O–H groups in total. The summed E-state index contributed by atoms with van der Waals surface area (Å²) in [5.41, 5.74) is 2.67. The van der Waals surface area contributed by atoms with Crippen LogP contribution in [0.25, 0.3) is 22.2 Å². The van der Waals surface area contributed by atoms with Gasteiger partial charge in [0.2, 0.25) is 0 Å². The minimum absolute atomic E-state index is 0.0438. The van der Waals surface area contributed by atoms with Crippen molar-refractivity contribution in [2.75, 3.05) is 14.2 Å². The maximum absolute atomic E-state index is 11.8. The van der Waals surface area contributed by atoms with Crippen molar-refractivity contribution in [3.63, 3.8) is 0 Å². The van der Waals surface area contributed by atoms with Gasteiger partial charge in [0.1, 0.15) is 17.9 Å². The number of hydrogen-bond donors (Lipinski definition) is 0. The minimum Gasteiger partial charge on any atom is -0.545 e. The van der Waals surface area contributed by atoms with Crippen LogP contribution in [0.4, 0.5) is 0 Å². The number of fused-ring (bicyclic) bond motifs is 1. The number of ether oxygens (including phenoxy) is 3. The Balaban J connectivity index is 1.74. The lowest BCUT2D eigenvalue weighted by Crippen LogP contribution is -2.22. The number of pyridine rings is 1. The number of aromatic carboxylic acids is 1. The van der Waals surface area contributed by atoms with E-state index < -0.39 is 5.97 Å². The van der Waals surface area contributed by atoms with E-state index in [0.29, 0.717) is 46.0 Å². The standard InChI is InChI=1S/C25H21NO5/c1-29-22-10-6-9-18-19(25(27)28)14-20(26-24(18)22)17-11-12-21(23(13-17)30-2)31-15-16-7-4-3-5-8-16/h3-14H,15H2,1-2H3,(H,27,28)/p-1. The zero-order valence-electron chi connectivity index (χ0n) is 17.1. The van der Waals surface area contributed by atoms with Crippen LogP contribution in [0.1, 0.15) is 15.9 Å². The van der Waals surface area contributed by atoms with Crippen molar-refractivity contribution in [3.05, 3.63) is 83.9 Å². The third kappa shape index (κ3) is 4.14. The average Bonchev–Trinajstić information content (AvgIpc) is 2.82. The zero-order valence-corrected chi connectivity index (χ0v) is 17.1. The van der Waals surface area contributed by atoms with E-state index in [1.807, 2.05) is 36.4 Å². The number of methoxy groups -OCH3 is 2. The van der Waals surface area contributed by atoms with E-state index in [9.17, 15) is 9.90 Å². The van der Waals surface area contributed by atoms with Crippen LogP contribution < -0.4 is 19.3 Å². The summed E-state index contributed by atoms with van der Waals surface area (Å²) in [5, 5.41) is 12.2. The zero-order chi connectivity index (χ0) is 21.8. The van der Waals surface area contributed by atoms with Crippen molar-refractivity contribution in [1.29, 1.82) is 0 Å². The number of carbonyl (C=O) groups excluding carboxylic acids is 1. The highest BCUT2D eigenvalue weighted by atomic mass is 16.5. The molecule has 6 nitrogen and oxygen atoms in total. The number of para-hydroxylation sites is 1. The molecule has 0 aliphatic heterocycles. The molecule has 0 unspecified atom stereocenters. The lowest BCUT2D eigenvalue weighted by molar-refractivity contribution is -0.254. The van der Waals surface area contributed by atoms with E-state index >= 15 is 0 Å². The van der Waals surface area contributed by atoms with E-state index in [1.165, 1.54) is 13.2 Å². The van der Waals surface area contributed by atoms with Gasteiger partial charge >= 0.3 is 0 Å². The summed E-state index contributed by atoms with van der Waals surface area (Å²) in [6, 6.07) is 21.8. The molecule has 0 aliphatic carbocycles. The number of nitrogens with zero attached hydrogens (tertiary/aromatic N) is 1. The third-order valence-electron chi connectivity index (χ3n) is 4.94. The lowest BCUT2D eigenvalue weighted by Gasteiger charge is -2.15. The second kappa shape index (κ2) is 8.75. The molecule has 6 heteroatoms. The largest absolute Gasteiger partial charge is 0.545 e. The third-order valence-corrected chi connectivity index (χ3v) is 4.94. The van der Waals surface area contributed by atoms with Crippen LogP contribution in [0.2, 0.25) is 0 Å². The van der Waals surface area contributed by atoms with Gasteiger partial charge in [0.25, 0.3) is 0 Å². The average molecular weight is 414 g/mol. The molecule has 0 aliphatic rings. The predicted molar refractivity (Wildman–Crippen MR) is 115 cm³/mol. The first-order chi connectivity index (χ1) is 15.1. The Kier molecular flexibility index (Phi) is 5.71. The SMILES string of the molecule is COc1cc(-c2cc(C(=O)[O-])c3cccc(OC)c3n2)ccc1OCc1ccccc1. The van der Waals surface area contributed by atoms with E-state index in [1.54, 1.807) is 37.4 Å². The Bertz CT molecular complexity index is 1240. The highest BCUT2D eigenvalue weighted by molar-refractivity contribution is 6.04. The molecule has 31 heavy (non-hydrogen) atoms. The van der Waals surface area contributed by atoms with Crippen LogP contribution in [0.3, 0.4) is 0 Å². The van der Waals surface area contributed by atoms with Crippen LogP contribution in [0.5, 0.6) is 17.2 Å². The van der Waals surface area contributed by atoms with Crippen LogP contribution >= 0.6 is 0 Å². The molecule has 1 heterocycles. The molecule has 1 aromatic heterocycles. The van der Waals surface area contributed by atoms with Gasteiger partial charge < -0.3 is 24.1 Å². The minimum atomic E-state index is -1.28. The summed E-state index contributed by atoms with van der Waals surface area (Å²) in [6.07, 6.45) is 0. The summed E-state index contributed by atoms with van der Waals surface area (Å²) in [4.78, 5) is 16.4. The normalized spacial score (nSPS) is 10.6. The number of hydrogen-bond acceptors (Lipinski definition) is 6. The smallest absolute Gasteiger partial charge is 0.161 e. The first-order valence-electron chi connectivity index (χ1n) is 9.65. The van der Waals surface area contributed by atoms with E-state index in [-0.39, 0.29) is 5.56 Å². The van der Waals surface area contributed by atoms with E-state index in [2.05, 4.69) is 4.98 Å². The Morgan fingerprint density at radius 1 is 0.871 bits per heavy atom. The molecule has 0 spiro atoms. The number of benzene rings is 3. The molecule has 4 rings (SSSR count). The molecular weight excluding hydrogens is 394 g/mol. The Hall–Kier alpha value is -4.06. The first kappa shape index (κ1) is 20.2. The van der Waals surface area contributed by atoms with Crippen molar-refractivity contribution in [2.45, 2.75) is 6.61 Å². The molecule has 156 valence electrons. The van der Waals surface area contributed by atoms with Crippen molar-refractivity contribution in [1.82, 2.24) is 4.98 Å². The summed E-state index contributed by atoms with van der Waals surface area (Å²) >= 11 is 0. The Morgan fingerprint density at radius 2 is 1.65 bits per heavy atom. The summed E-state index contributed by atoms with van der Waals surface area (Å²) in [5.74, 6) is 0.298. The van der Waals surface area contributed by atoms with Crippen LogP contribution in [0, 0.1) is 0 Å². The van der Waals surface area contributed by atoms with Crippen molar-refractivity contribution < 1.29 is 24.1 Å². The molecular formula is C25H20NO5-. The lowest BCUT2D eigenvalue weighted by atomic mass is 10.0. The van der Waals surface area contributed by atoms with Gasteiger partial charge in [0.05, 0.1) is 25.9 Å². The van der Waals surface area contributed by atoms with Crippen LogP contribution in [-0.2, 0) is 6.61 Å². The monoisotopic (exact) mass is 414 g/mol. The highest BCUT2D eigenvalue weighted by Crippen LogP contribution is 2.35. The summed E-state index contributed by atoms with van der Waals surface area (Å²) < 4.78 is 16.8. The maximum atomic E-state index is 11.8. The molecule has 0 amide bonds. The number of carbonyl (C=O) groups is 1. The van der Waals surface area contributed by atoms with Gasteiger partial charge in [-0.15, -0.1) is 0 Å². The predicted octanol–water partition coefficient (Wildman–Crippen LogP) is 3.86.